The molecule has 0 fully saturated rings. The number of nitrogens with zero attached hydrogens (tertiary/aromatic N) is 2. The second kappa shape index (κ2) is 5.92. The number of pyridine rings is 1. The third kappa shape index (κ3) is 3.08. The molecular weight excluding hydrogens is 276 g/mol. The average molecular weight is 291 g/mol. The molecule has 20 heavy (non-hydrogen) atoms. The molecule has 0 spiro atoms. The van der Waals surface area contributed by atoms with Crippen LogP contribution >= 0.6 is 11.6 Å². The fourth-order valence-electron chi connectivity index (χ4n) is 1.85. The van der Waals surface area contributed by atoms with Gasteiger partial charge in [-0.25, -0.2) is 0 Å². The van der Waals surface area contributed by atoms with E-state index in [0.717, 1.165) is 5.56 Å². The smallest absolute Gasteiger partial charge is 0.263 e. The molecule has 1 heterocycles. The number of hydrogen-bond donors (Lipinski definition) is 0. The molecule has 0 saturated carbocycles. The molecule has 1 aromatic heterocycles. The van der Waals surface area contributed by atoms with Gasteiger partial charge in [-0.3, -0.25) is 9.59 Å². The summed E-state index contributed by atoms with van der Waals surface area (Å²) in [5.74, 6) is -0.291. The molecule has 104 valence electrons. The Morgan fingerprint density at radius 2 is 1.85 bits per heavy atom. The van der Waals surface area contributed by atoms with Gasteiger partial charge in [-0.05, 0) is 29.8 Å². The van der Waals surface area contributed by atoms with E-state index in [1.165, 1.54) is 9.47 Å². The van der Waals surface area contributed by atoms with Crippen molar-refractivity contribution in [3.63, 3.8) is 0 Å². The quantitative estimate of drug-likeness (QED) is 0.870. The zero-order chi connectivity index (χ0) is 14.7. The van der Waals surface area contributed by atoms with Crippen molar-refractivity contribution in [1.82, 2.24) is 9.47 Å². The predicted molar refractivity (Wildman–Crippen MR) is 79.3 cm³/mol. The van der Waals surface area contributed by atoms with E-state index < -0.39 is 0 Å². The normalized spacial score (nSPS) is 10.3. The number of rotatable bonds is 3. The molecule has 0 saturated heterocycles. The van der Waals surface area contributed by atoms with Gasteiger partial charge in [-0.15, -0.1) is 0 Å². The lowest BCUT2D eigenvalue weighted by molar-refractivity contribution is 0.0825. The van der Waals surface area contributed by atoms with Crippen molar-refractivity contribution < 1.29 is 4.79 Å². The third-order valence-electron chi connectivity index (χ3n) is 2.92. The van der Waals surface area contributed by atoms with Crippen LogP contribution in [0.3, 0.4) is 0 Å². The van der Waals surface area contributed by atoms with E-state index in [9.17, 15) is 9.59 Å². The number of amides is 1. The Labute approximate surface area is 122 Å². The highest BCUT2D eigenvalue weighted by Gasteiger charge is 2.13. The monoisotopic (exact) mass is 290 g/mol. The first-order valence-corrected chi connectivity index (χ1v) is 6.52. The zero-order valence-electron chi connectivity index (χ0n) is 11.3. The molecule has 0 unspecified atom stereocenters. The molecule has 0 aliphatic rings. The fraction of sp³-hybridized carbons (Fsp3) is 0.200. The zero-order valence-corrected chi connectivity index (χ0v) is 12.1. The van der Waals surface area contributed by atoms with Gasteiger partial charge in [0.25, 0.3) is 11.5 Å². The Bertz CT molecular complexity index is 675. The van der Waals surface area contributed by atoms with E-state index in [4.69, 9.17) is 11.6 Å². The number of carbonyl (C=O) groups excluding carboxylic acids is 1. The first-order chi connectivity index (χ1) is 9.49. The molecule has 2 rings (SSSR count). The van der Waals surface area contributed by atoms with Gasteiger partial charge in [0, 0.05) is 25.3 Å². The topological polar surface area (TPSA) is 42.3 Å². The van der Waals surface area contributed by atoms with Crippen molar-refractivity contribution in [3.8, 4) is 0 Å². The van der Waals surface area contributed by atoms with Crippen molar-refractivity contribution in [2.45, 2.75) is 6.54 Å². The Morgan fingerprint density at radius 1 is 1.20 bits per heavy atom. The average Bonchev–Trinajstić information content (AvgIpc) is 2.42. The summed E-state index contributed by atoms with van der Waals surface area (Å²) in [6, 6.07) is 10.5. The number of hydrogen-bond acceptors (Lipinski definition) is 2. The summed E-state index contributed by atoms with van der Waals surface area (Å²) in [7, 11) is 3.25. The van der Waals surface area contributed by atoms with Gasteiger partial charge in [0.1, 0.15) is 5.56 Å². The van der Waals surface area contributed by atoms with Crippen molar-refractivity contribution in [2.75, 3.05) is 14.1 Å². The maximum Gasteiger partial charge on any atom is 0.263 e. The van der Waals surface area contributed by atoms with Gasteiger partial charge in [0.15, 0.2) is 0 Å². The Balaban J connectivity index is 2.34. The van der Waals surface area contributed by atoms with E-state index >= 15 is 0 Å². The van der Waals surface area contributed by atoms with Crippen molar-refractivity contribution in [3.05, 3.63) is 69.1 Å². The molecule has 0 radical (unpaired) electrons. The molecule has 1 amide bonds. The van der Waals surface area contributed by atoms with Gasteiger partial charge >= 0.3 is 0 Å². The van der Waals surface area contributed by atoms with Crippen molar-refractivity contribution >= 4 is 17.5 Å². The van der Waals surface area contributed by atoms with Crippen LogP contribution in [-0.4, -0.2) is 29.5 Å². The molecule has 4 nitrogen and oxygen atoms in total. The Hall–Kier alpha value is -2.07. The van der Waals surface area contributed by atoms with Crippen LogP contribution in [0.1, 0.15) is 15.9 Å². The van der Waals surface area contributed by atoms with E-state index in [1.54, 1.807) is 44.6 Å². The number of halogens is 1. The lowest BCUT2D eigenvalue weighted by Crippen LogP contribution is -2.32. The number of benzene rings is 1. The molecule has 5 heteroatoms. The van der Waals surface area contributed by atoms with Crippen LogP contribution in [0, 0.1) is 0 Å². The maximum atomic E-state index is 12.3. The minimum Gasteiger partial charge on any atom is -0.345 e. The third-order valence-corrected chi connectivity index (χ3v) is 3.17. The van der Waals surface area contributed by atoms with Crippen molar-refractivity contribution in [2.24, 2.45) is 0 Å². The van der Waals surface area contributed by atoms with Gasteiger partial charge < -0.3 is 9.47 Å². The van der Waals surface area contributed by atoms with E-state index in [1.807, 2.05) is 12.1 Å². The summed E-state index contributed by atoms with van der Waals surface area (Å²) in [6.07, 6.45) is 1.67. The summed E-state index contributed by atoms with van der Waals surface area (Å²) < 4.78 is 1.51. The lowest BCUT2D eigenvalue weighted by Gasteiger charge is -2.12. The minimum atomic E-state index is -0.291. The minimum absolute atomic E-state index is 0.173. The molecule has 0 atom stereocenters. The first kappa shape index (κ1) is 14.3. The van der Waals surface area contributed by atoms with Gasteiger partial charge in [-0.2, -0.15) is 0 Å². The second-order valence-electron chi connectivity index (χ2n) is 4.68. The van der Waals surface area contributed by atoms with Crippen LogP contribution in [0.4, 0.5) is 0 Å². The Kier molecular flexibility index (Phi) is 4.25. The van der Waals surface area contributed by atoms with E-state index in [-0.39, 0.29) is 17.0 Å². The predicted octanol–water partition coefficient (Wildman–Crippen LogP) is 2.25. The van der Waals surface area contributed by atoms with Crippen LogP contribution in [0.15, 0.2) is 47.4 Å². The number of aromatic nitrogens is 1. The summed E-state index contributed by atoms with van der Waals surface area (Å²) in [5.41, 5.74) is 0.832. The molecule has 0 N–H and O–H groups in total. The summed E-state index contributed by atoms with van der Waals surface area (Å²) in [6.45, 7) is 0.407. The fourth-order valence-corrected chi connectivity index (χ4v) is 1.98. The molecular formula is C15H15ClN2O2. The highest BCUT2D eigenvalue weighted by atomic mass is 35.5. The molecule has 0 bridgehead atoms. The largest absolute Gasteiger partial charge is 0.345 e. The van der Waals surface area contributed by atoms with Crippen LogP contribution in [0.25, 0.3) is 0 Å². The molecule has 1 aromatic carbocycles. The molecule has 0 aliphatic carbocycles. The Morgan fingerprint density at radius 3 is 2.45 bits per heavy atom. The first-order valence-electron chi connectivity index (χ1n) is 6.14. The van der Waals surface area contributed by atoms with E-state index in [0.29, 0.717) is 11.6 Å². The van der Waals surface area contributed by atoms with Crippen molar-refractivity contribution in [1.29, 1.82) is 0 Å². The van der Waals surface area contributed by atoms with Gasteiger partial charge in [0.05, 0.1) is 6.54 Å². The number of carbonyl (C=O) groups is 1. The summed E-state index contributed by atoms with van der Waals surface area (Å²) in [4.78, 5) is 25.6. The lowest BCUT2D eigenvalue weighted by atomic mass is 10.2. The summed E-state index contributed by atoms with van der Waals surface area (Å²) in [5, 5.41) is 0.651. The highest BCUT2D eigenvalue weighted by Crippen LogP contribution is 2.10. The highest BCUT2D eigenvalue weighted by molar-refractivity contribution is 6.30. The van der Waals surface area contributed by atoms with Crippen LogP contribution in [0.5, 0.6) is 0 Å². The van der Waals surface area contributed by atoms with Gasteiger partial charge in [0.2, 0.25) is 0 Å². The van der Waals surface area contributed by atoms with E-state index in [2.05, 4.69) is 0 Å². The van der Waals surface area contributed by atoms with Gasteiger partial charge in [-0.1, -0.05) is 23.7 Å². The van der Waals surface area contributed by atoms with Crippen LogP contribution in [-0.2, 0) is 6.54 Å². The second-order valence-corrected chi connectivity index (χ2v) is 5.12. The summed E-state index contributed by atoms with van der Waals surface area (Å²) >= 11 is 5.83. The molecule has 0 aliphatic heterocycles. The van der Waals surface area contributed by atoms with Crippen LogP contribution in [0.2, 0.25) is 5.02 Å². The standard InChI is InChI=1S/C15H15ClN2O2/c1-17(2)14(19)13-4-3-9-18(15(13)20)10-11-5-7-12(16)8-6-11/h3-9H,10H2,1-2H3. The van der Waals surface area contributed by atoms with Crippen LogP contribution < -0.4 is 5.56 Å². The maximum absolute atomic E-state index is 12.3. The molecule has 2 aromatic rings. The SMILES string of the molecule is CN(C)C(=O)c1cccn(Cc2ccc(Cl)cc2)c1=O.